The van der Waals surface area contributed by atoms with Gasteiger partial charge in [0.05, 0.1) is 17.4 Å². The fourth-order valence-electron chi connectivity index (χ4n) is 8.31. The molecule has 1 unspecified atom stereocenters. The molecule has 3 fully saturated rings. The molecule has 1 aromatic carbocycles. The van der Waals surface area contributed by atoms with Gasteiger partial charge in [0.15, 0.2) is 0 Å². The molecule has 57 heavy (non-hydrogen) atoms. The summed E-state index contributed by atoms with van der Waals surface area (Å²) in [5.74, 6) is -0.114. The topological polar surface area (TPSA) is 133 Å². The Hall–Kier alpha value is -5.02. The maximum Gasteiger partial charge on any atom is 0.433 e. The van der Waals surface area contributed by atoms with E-state index in [1.54, 1.807) is 16.7 Å². The van der Waals surface area contributed by atoms with Crippen LogP contribution in [0.5, 0.6) is 5.75 Å². The highest BCUT2D eigenvalue weighted by Gasteiger charge is 2.33. The van der Waals surface area contributed by atoms with E-state index in [2.05, 4.69) is 49.9 Å². The second-order valence-corrected chi connectivity index (χ2v) is 16.0. The number of amides is 3. The van der Waals surface area contributed by atoms with Crippen molar-refractivity contribution in [3.8, 4) is 5.75 Å². The molecular weight excluding hydrogens is 738 g/mol. The van der Waals surface area contributed by atoms with Gasteiger partial charge in [-0.3, -0.25) is 24.6 Å². The van der Waals surface area contributed by atoms with Crippen LogP contribution >= 0.6 is 0 Å². The lowest BCUT2D eigenvalue weighted by Gasteiger charge is -2.39. The summed E-state index contributed by atoms with van der Waals surface area (Å²) in [6.45, 7) is 7.72. The van der Waals surface area contributed by atoms with Gasteiger partial charge >= 0.3 is 6.18 Å². The quantitative estimate of drug-likeness (QED) is 0.132. The summed E-state index contributed by atoms with van der Waals surface area (Å²) in [6.07, 6.45) is 6.05. The summed E-state index contributed by atoms with van der Waals surface area (Å²) < 4.78 is 47.5. The Balaban J connectivity index is 0.886. The molecule has 15 heteroatoms. The van der Waals surface area contributed by atoms with E-state index in [9.17, 15) is 27.6 Å². The molecule has 2 saturated heterocycles. The Kier molecular flexibility index (Phi) is 12.1. The monoisotopic (exact) mass is 788 g/mol. The van der Waals surface area contributed by atoms with Crippen LogP contribution in [0.4, 0.5) is 24.7 Å². The number of ether oxygens (including phenoxy) is 1. The number of benzene rings is 1. The zero-order chi connectivity index (χ0) is 40.3. The van der Waals surface area contributed by atoms with Crippen molar-refractivity contribution in [1.29, 1.82) is 0 Å². The fourth-order valence-corrected chi connectivity index (χ4v) is 8.31. The lowest BCUT2D eigenvalue weighted by molar-refractivity contribution is -0.141. The van der Waals surface area contributed by atoms with Crippen molar-refractivity contribution in [3.63, 3.8) is 0 Å². The molecular formula is C42H51F3N8O4. The van der Waals surface area contributed by atoms with Gasteiger partial charge in [0.2, 0.25) is 11.8 Å². The standard InChI is InChI=1S/C42H51F3N8O4/c1-26(2)57-35-21-38-47-34(25-53(38)24-32(35)40(55)49-37-6-4-5-36(48-37)42(43,44)45)29-11-7-27(8-12-29)22-51(3)31-17-19-52(20-18-31)23-28-9-13-30(14-10-28)46-33-15-16-39(54)50-41(33)56/h4-6,9-10,13-14,21,24-27,29,31,33,46H,7-8,11-12,15-20,22-23H2,1-3H3,(H,48,49,55)(H,50,54,56)/t27-,29-,33?. The largest absolute Gasteiger partial charge is 0.490 e. The summed E-state index contributed by atoms with van der Waals surface area (Å²) in [4.78, 5) is 50.5. The summed E-state index contributed by atoms with van der Waals surface area (Å²) in [7, 11) is 2.26. The van der Waals surface area contributed by atoms with E-state index < -0.39 is 17.8 Å². The summed E-state index contributed by atoms with van der Waals surface area (Å²) in [5.41, 5.74) is 2.80. The van der Waals surface area contributed by atoms with Gasteiger partial charge in [0, 0.05) is 55.6 Å². The Morgan fingerprint density at radius 2 is 1.72 bits per heavy atom. The highest BCUT2D eigenvalue weighted by molar-refractivity contribution is 6.06. The highest BCUT2D eigenvalue weighted by Crippen LogP contribution is 2.37. The number of halogens is 3. The van der Waals surface area contributed by atoms with Crippen LogP contribution in [0.2, 0.25) is 0 Å². The molecule has 1 aliphatic carbocycles. The average Bonchev–Trinajstić information content (AvgIpc) is 3.59. The smallest absolute Gasteiger partial charge is 0.433 e. The molecule has 0 spiro atoms. The number of imidazole rings is 1. The lowest BCUT2D eigenvalue weighted by atomic mass is 9.80. The third-order valence-corrected chi connectivity index (χ3v) is 11.4. The maximum absolute atomic E-state index is 13.4. The summed E-state index contributed by atoms with van der Waals surface area (Å²) in [5, 5.41) is 8.14. The van der Waals surface area contributed by atoms with Crippen LogP contribution in [0.25, 0.3) is 5.65 Å². The summed E-state index contributed by atoms with van der Waals surface area (Å²) in [6, 6.07) is 13.5. The number of alkyl halides is 3. The van der Waals surface area contributed by atoms with Crippen LogP contribution < -0.4 is 20.7 Å². The molecule has 7 rings (SSSR count). The number of hydrogen-bond acceptors (Lipinski definition) is 9. The first-order chi connectivity index (χ1) is 27.3. The number of imide groups is 1. The number of nitrogens with zero attached hydrogens (tertiary/aromatic N) is 5. The van der Waals surface area contributed by atoms with E-state index in [-0.39, 0.29) is 41.3 Å². The van der Waals surface area contributed by atoms with Crippen molar-refractivity contribution in [3.05, 3.63) is 83.4 Å². The average molecular weight is 789 g/mol. The highest BCUT2D eigenvalue weighted by atomic mass is 19.4. The van der Waals surface area contributed by atoms with E-state index in [1.165, 1.54) is 17.7 Å². The molecule has 3 aliphatic rings. The number of hydrogen-bond donors (Lipinski definition) is 3. The molecule has 4 aromatic rings. The third kappa shape index (κ3) is 10.1. The van der Waals surface area contributed by atoms with Gasteiger partial charge in [-0.15, -0.1) is 0 Å². The first kappa shape index (κ1) is 40.2. The predicted molar refractivity (Wildman–Crippen MR) is 210 cm³/mol. The number of fused-ring (bicyclic) bond motifs is 1. The van der Waals surface area contributed by atoms with E-state index in [0.29, 0.717) is 36.2 Å². The first-order valence-electron chi connectivity index (χ1n) is 19.9. The normalized spacial score (nSPS) is 21.2. The van der Waals surface area contributed by atoms with Crippen LogP contribution in [0.1, 0.15) is 98.4 Å². The molecule has 3 aromatic heterocycles. The van der Waals surface area contributed by atoms with Crippen molar-refractivity contribution in [2.24, 2.45) is 5.92 Å². The predicted octanol–water partition coefficient (Wildman–Crippen LogP) is 6.87. The first-order valence-corrected chi connectivity index (χ1v) is 19.9. The van der Waals surface area contributed by atoms with Crippen molar-refractivity contribution in [2.75, 3.05) is 37.3 Å². The molecule has 304 valence electrons. The van der Waals surface area contributed by atoms with Crippen LogP contribution in [0.15, 0.2) is 60.9 Å². The van der Waals surface area contributed by atoms with Gasteiger partial charge in [-0.2, -0.15) is 13.2 Å². The van der Waals surface area contributed by atoms with E-state index >= 15 is 0 Å². The minimum absolute atomic E-state index is 0.173. The number of aromatic nitrogens is 3. The third-order valence-electron chi connectivity index (χ3n) is 11.4. The van der Waals surface area contributed by atoms with Crippen molar-refractivity contribution >= 4 is 34.9 Å². The second kappa shape index (κ2) is 17.2. The Morgan fingerprint density at radius 3 is 2.40 bits per heavy atom. The fraction of sp³-hybridized carbons (Fsp3) is 0.500. The maximum atomic E-state index is 13.4. The zero-order valence-electron chi connectivity index (χ0n) is 32.6. The number of rotatable bonds is 12. The van der Waals surface area contributed by atoms with Gasteiger partial charge in [-0.25, -0.2) is 9.97 Å². The number of carbonyl (C=O) groups excluding carboxylic acids is 3. The van der Waals surface area contributed by atoms with Crippen LogP contribution in [0.3, 0.4) is 0 Å². The summed E-state index contributed by atoms with van der Waals surface area (Å²) >= 11 is 0. The lowest BCUT2D eigenvalue weighted by Crippen LogP contribution is -2.47. The van der Waals surface area contributed by atoms with Crippen molar-refractivity contribution in [1.82, 2.24) is 29.5 Å². The SMILES string of the molecule is CC(C)Oc1cc2nc([C@H]3CC[C@H](CN(C)C4CCN(Cc5ccc(NC6CCC(=O)NC6=O)cc5)CC4)CC3)cn2cc1C(=O)Nc1cccc(C(F)(F)F)n1. The van der Waals surface area contributed by atoms with Gasteiger partial charge in [-0.1, -0.05) is 18.2 Å². The van der Waals surface area contributed by atoms with E-state index in [4.69, 9.17) is 9.72 Å². The zero-order valence-corrected chi connectivity index (χ0v) is 32.6. The number of carbonyl (C=O) groups is 3. The Morgan fingerprint density at radius 1 is 0.982 bits per heavy atom. The molecule has 2 aliphatic heterocycles. The molecule has 3 N–H and O–H groups in total. The van der Waals surface area contributed by atoms with Gasteiger partial charge in [0.1, 0.15) is 29.0 Å². The molecule has 1 atom stereocenters. The molecule has 1 saturated carbocycles. The van der Waals surface area contributed by atoms with Crippen LogP contribution in [0, 0.1) is 5.92 Å². The second-order valence-electron chi connectivity index (χ2n) is 16.0. The number of anilines is 2. The minimum atomic E-state index is -4.63. The van der Waals surface area contributed by atoms with Crippen molar-refractivity contribution in [2.45, 2.75) is 102 Å². The molecule has 5 heterocycles. The van der Waals surface area contributed by atoms with E-state index in [0.717, 1.165) is 82.2 Å². The molecule has 12 nitrogen and oxygen atoms in total. The minimum Gasteiger partial charge on any atom is -0.490 e. The number of piperidine rings is 2. The van der Waals surface area contributed by atoms with Gasteiger partial charge < -0.3 is 24.7 Å². The number of nitrogens with one attached hydrogen (secondary N) is 3. The Bertz CT molecular complexity index is 2050. The number of likely N-dealkylation sites (tertiary alicyclic amines) is 1. The van der Waals surface area contributed by atoms with Gasteiger partial charge in [0.25, 0.3) is 5.91 Å². The molecule has 0 radical (unpaired) electrons. The molecule has 0 bridgehead atoms. The van der Waals surface area contributed by atoms with Crippen LogP contribution in [-0.4, -0.2) is 86.8 Å². The number of pyridine rings is 2. The van der Waals surface area contributed by atoms with Gasteiger partial charge in [-0.05, 0) is 115 Å². The Labute approximate surface area is 330 Å². The van der Waals surface area contributed by atoms with Crippen LogP contribution in [-0.2, 0) is 22.3 Å². The van der Waals surface area contributed by atoms with Crippen molar-refractivity contribution < 1.29 is 32.3 Å². The molecule has 3 amide bonds. The van der Waals surface area contributed by atoms with E-state index in [1.807, 2.05) is 32.2 Å².